The Morgan fingerprint density at radius 2 is 1.88 bits per heavy atom. The summed E-state index contributed by atoms with van der Waals surface area (Å²) in [7, 11) is 0. The molecule has 1 aromatic heterocycles. The standard InChI is InChI=1S/C20H27N3O2/c1-14-21-12-11-17(23-14)13-22-19(25)10-9-18(24)15-5-7-16(8-6-15)20(2,3)4/h5-8,11-12,18,24H,9-10,13H2,1-4H3,(H,22,25). The van der Waals surface area contributed by atoms with E-state index in [0.29, 0.717) is 18.8 Å². The summed E-state index contributed by atoms with van der Waals surface area (Å²) in [6.07, 6.45) is 1.70. The maximum absolute atomic E-state index is 12.0. The van der Waals surface area contributed by atoms with Gasteiger partial charge in [-0.2, -0.15) is 0 Å². The van der Waals surface area contributed by atoms with Crippen LogP contribution in [0.15, 0.2) is 36.5 Å². The number of aliphatic hydroxyl groups excluding tert-OH is 1. The quantitative estimate of drug-likeness (QED) is 0.846. The normalized spacial score (nSPS) is 12.7. The zero-order valence-electron chi connectivity index (χ0n) is 15.4. The molecule has 0 radical (unpaired) electrons. The predicted molar refractivity (Wildman–Crippen MR) is 98.0 cm³/mol. The molecule has 0 fully saturated rings. The monoisotopic (exact) mass is 341 g/mol. The van der Waals surface area contributed by atoms with Crippen LogP contribution in [0.3, 0.4) is 0 Å². The number of carbonyl (C=O) groups excluding carboxylic acids is 1. The van der Waals surface area contributed by atoms with Gasteiger partial charge in [0, 0.05) is 12.6 Å². The Kier molecular flexibility index (Phi) is 6.26. The highest BCUT2D eigenvalue weighted by Crippen LogP contribution is 2.25. The van der Waals surface area contributed by atoms with Gasteiger partial charge in [0.25, 0.3) is 0 Å². The molecule has 0 aliphatic heterocycles. The molecule has 5 nitrogen and oxygen atoms in total. The SMILES string of the molecule is Cc1nccc(CNC(=O)CCC(O)c2ccc(C(C)(C)C)cc2)n1. The number of benzene rings is 1. The Hall–Kier alpha value is -2.27. The third-order valence-electron chi connectivity index (χ3n) is 4.11. The number of rotatable bonds is 6. The average Bonchev–Trinajstić information content (AvgIpc) is 2.57. The maximum Gasteiger partial charge on any atom is 0.220 e. The van der Waals surface area contributed by atoms with E-state index in [2.05, 4.69) is 36.1 Å². The molecule has 1 atom stereocenters. The van der Waals surface area contributed by atoms with Crippen LogP contribution in [0, 0.1) is 6.92 Å². The maximum atomic E-state index is 12.0. The second-order valence-electron chi connectivity index (χ2n) is 7.30. The fraction of sp³-hybridized carbons (Fsp3) is 0.450. The van der Waals surface area contributed by atoms with Crippen LogP contribution in [0.25, 0.3) is 0 Å². The molecule has 2 N–H and O–H groups in total. The number of carbonyl (C=O) groups is 1. The van der Waals surface area contributed by atoms with Crippen molar-refractivity contribution >= 4 is 5.91 Å². The largest absolute Gasteiger partial charge is 0.388 e. The number of nitrogens with zero attached hydrogens (tertiary/aromatic N) is 2. The summed E-state index contributed by atoms with van der Waals surface area (Å²) in [4.78, 5) is 20.2. The second kappa shape index (κ2) is 8.21. The zero-order valence-corrected chi connectivity index (χ0v) is 15.4. The van der Waals surface area contributed by atoms with E-state index in [9.17, 15) is 9.90 Å². The van der Waals surface area contributed by atoms with Gasteiger partial charge < -0.3 is 10.4 Å². The number of hydrogen-bond acceptors (Lipinski definition) is 4. The van der Waals surface area contributed by atoms with Gasteiger partial charge in [-0.05, 0) is 36.0 Å². The number of aliphatic hydroxyl groups is 1. The van der Waals surface area contributed by atoms with Crippen LogP contribution in [0.1, 0.15) is 62.4 Å². The van der Waals surface area contributed by atoms with Crippen molar-refractivity contribution in [3.63, 3.8) is 0 Å². The molecule has 134 valence electrons. The topological polar surface area (TPSA) is 75.1 Å². The van der Waals surface area contributed by atoms with Crippen molar-refractivity contribution in [3.8, 4) is 0 Å². The molecule has 1 amide bonds. The van der Waals surface area contributed by atoms with E-state index in [4.69, 9.17) is 0 Å². The fourth-order valence-corrected chi connectivity index (χ4v) is 2.52. The van der Waals surface area contributed by atoms with Gasteiger partial charge in [0.15, 0.2) is 0 Å². The van der Waals surface area contributed by atoms with Crippen molar-refractivity contribution < 1.29 is 9.90 Å². The number of aryl methyl sites for hydroxylation is 1. The van der Waals surface area contributed by atoms with Gasteiger partial charge in [-0.15, -0.1) is 0 Å². The van der Waals surface area contributed by atoms with Crippen LogP contribution in [-0.2, 0) is 16.8 Å². The molecule has 1 unspecified atom stereocenters. The molecular weight excluding hydrogens is 314 g/mol. The summed E-state index contributed by atoms with van der Waals surface area (Å²) in [5.41, 5.74) is 2.93. The van der Waals surface area contributed by atoms with Gasteiger partial charge in [-0.3, -0.25) is 4.79 Å². The van der Waals surface area contributed by atoms with Crippen molar-refractivity contribution in [1.82, 2.24) is 15.3 Å². The summed E-state index contributed by atoms with van der Waals surface area (Å²) in [5.74, 6) is 0.586. The van der Waals surface area contributed by atoms with Crippen LogP contribution < -0.4 is 5.32 Å². The van der Waals surface area contributed by atoms with E-state index in [0.717, 1.165) is 11.3 Å². The number of nitrogens with one attached hydrogen (secondary N) is 1. The van der Waals surface area contributed by atoms with E-state index in [1.54, 1.807) is 12.3 Å². The van der Waals surface area contributed by atoms with Crippen LogP contribution in [0.2, 0.25) is 0 Å². The molecule has 25 heavy (non-hydrogen) atoms. The Morgan fingerprint density at radius 1 is 1.20 bits per heavy atom. The molecule has 2 rings (SSSR count). The molecule has 0 spiro atoms. The molecular formula is C20H27N3O2. The highest BCUT2D eigenvalue weighted by molar-refractivity contribution is 5.75. The van der Waals surface area contributed by atoms with E-state index < -0.39 is 6.10 Å². The zero-order chi connectivity index (χ0) is 18.4. The first-order valence-electron chi connectivity index (χ1n) is 8.59. The Bertz CT molecular complexity index is 706. The third kappa shape index (κ3) is 5.94. The van der Waals surface area contributed by atoms with Gasteiger partial charge in [0.2, 0.25) is 5.91 Å². The van der Waals surface area contributed by atoms with Crippen LogP contribution >= 0.6 is 0 Å². The molecule has 5 heteroatoms. The molecule has 0 saturated heterocycles. The Balaban J connectivity index is 1.80. The second-order valence-corrected chi connectivity index (χ2v) is 7.30. The lowest BCUT2D eigenvalue weighted by atomic mass is 9.86. The first kappa shape index (κ1) is 19.1. The molecule has 1 aromatic carbocycles. The minimum absolute atomic E-state index is 0.0860. The third-order valence-corrected chi connectivity index (χ3v) is 4.11. The highest BCUT2D eigenvalue weighted by Gasteiger charge is 2.15. The van der Waals surface area contributed by atoms with Crippen molar-refractivity contribution in [2.45, 2.75) is 58.6 Å². The van der Waals surface area contributed by atoms with Crippen LogP contribution in [0.4, 0.5) is 0 Å². The van der Waals surface area contributed by atoms with E-state index in [1.165, 1.54) is 5.56 Å². The number of amides is 1. The smallest absolute Gasteiger partial charge is 0.220 e. The summed E-state index contributed by atoms with van der Waals surface area (Å²) in [6.45, 7) is 8.65. The molecule has 1 heterocycles. The lowest BCUT2D eigenvalue weighted by Gasteiger charge is -2.20. The van der Waals surface area contributed by atoms with Gasteiger partial charge in [0.1, 0.15) is 5.82 Å². The lowest BCUT2D eigenvalue weighted by molar-refractivity contribution is -0.121. The first-order valence-corrected chi connectivity index (χ1v) is 8.59. The minimum Gasteiger partial charge on any atom is -0.388 e. The van der Waals surface area contributed by atoms with Crippen LogP contribution in [-0.4, -0.2) is 21.0 Å². The number of hydrogen-bond donors (Lipinski definition) is 2. The van der Waals surface area contributed by atoms with E-state index in [-0.39, 0.29) is 17.7 Å². The lowest BCUT2D eigenvalue weighted by Crippen LogP contribution is -2.23. The van der Waals surface area contributed by atoms with Crippen molar-refractivity contribution in [1.29, 1.82) is 0 Å². The summed E-state index contributed by atoms with van der Waals surface area (Å²) in [5, 5.41) is 13.1. The predicted octanol–water partition coefficient (Wildman–Crippen LogP) is 3.21. The van der Waals surface area contributed by atoms with Crippen LogP contribution in [0.5, 0.6) is 0 Å². The Morgan fingerprint density at radius 3 is 2.48 bits per heavy atom. The van der Waals surface area contributed by atoms with Crippen molar-refractivity contribution in [2.75, 3.05) is 0 Å². The summed E-state index contributed by atoms with van der Waals surface area (Å²) < 4.78 is 0. The Labute approximate surface area is 149 Å². The molecule has 0 aliphatic rings. The van der Waals surface area contributed by atoms with Crippen molar-refractivity contribution in [2.24, 2.45) is 0 Å². The van der Waals surface area contributed by atoms with Crippen molar-refractivity contribution in [3.05, 3.63) is 59.2 Å². The van der Waals surface area contributed by atoms with Gasteiger partial charge >= 0.3 is 0 Å². The average molecular weight is 341 g/mol. The van der Waals surface area contributed by atoms with E-state index in [1.807, 2.05) is 31.2 Å². The molecule has 0 saturated carbocycles. The summed E-state index contributed by atoms with van der Waals surface area (Å²) in [6, 6.07) is 9.73. The molecule has 0 aliphatic carbocycles. The molecule has 0 bridgehead atoms. The highest BCUT2D eigenvalue weighted by atomic mass is 16.3. The molecule has 2 aromatic rings. The van der Waals surface area contributed by atoms with Gasteiger partial charge in [0.05, 0.1) is 18.3 Å². The van der Waals surface area contributed by atoms with Gasteiger partial charge in [-0.1, -0.05) is 45.0 Å². The first-order chi connectivity index (χ1) is 11.8. The number of aromatic nitrogens is 2. The fourth-order valence-electron chi connectivity index (χ4n) is 2.52. The van der Waals surface area contributed by atoms with Gasteiger partial charge in [-0.25, -0.2) is 9.97 Å². The van der Waals surface area contributed by atoms with E-state index >= 15 is 0 Å². The minimum atomic E-state index is -0.638. The summed E-state index contributed by atoms with van der Waals surface area (Å²) >= 11 is 0.